The number of hydrogen-bond acceptors (Lipinski definition) is 1. The van der Waals surface area contributed by atoms with Crippen molar-refractivity contribution in [2.24, 2.45) is 16.7 Å². The van der Waals surface area contributed by atoms with Crippen LogP contribution in [0.4, 0.5) is 0 Å². The molecule has 0 aliphatic heterocycles. The van der Waals surface area contributed by atoms with Crippen LogP contribution in [-0.2, 0) is 4.79 Å². The summed E-state index contributed by atoms with van der Waals surface area (Å²) in [5.41, 5.74) is 0.615. The zero-order chi connectivity index (χ0) is 10.3. The summed E-state index contributed by atoms with van der Waals surface area (Å²) in [4.78, 5) is 11.7. The number of hydrogen-bond donors (Lipinski definition) is 0. The van der Waals surface area contributed by atoms with Crippen LogP contribution in [0.15, 0.2) is 0 Å². The molecule has 0 bridgehead atoms. The van der Waals surface area contributed by atoms with Crippen molar-refractivity contribution in [3.8, 4) is 0 Å². The molecule has 0 heterocycles. The normalized spacial score (nSPS) is 25.8. The molecule has 1 atom stereocenters. The third-order valence-electron chi connectivity index (χ3n) is 3.02. The molecule has 0 amide bonds. The Morgan fingerprint density at radius 2 is 1.85 bits per heavy atom. The molecular formula is C12H22O. The monoisotopic (exact) mass is 182 g/mol. The van der Waals surface area contributed by atoms with Crippen LogP contribution < -0.4 is 0 Å². The van der Waals surface area contributed by atoms with Crippen LogP contribution in [0, 0.1) is 16.7 Å². The van der Waals surface area contributed by atoms with Gasteiger partial charge in [0.25, 0.3) is 0 Å². The van der Waals surface area contributed by atoms with Gasteiger partial charge in [-0.15, -0.1) is 0 Å². The minimum absolute atomic E-state index is 0.300. The highest BCUT2D eigenvalue weighted by atomic mass is 16.1. The van der Waals surface area contributed by atoms with E-state index >= 15 is 0 Å². The van der Waals surface area contributed by atoms with Crippen LogP contribution in [-0.4, -0.2) is 5.78 Å². The second kappa shape index (κ2) is 3.11. The Kier molecular flexibility index (Phi) is 2.57. The highest BCUT2D eigenvalue weighted by Crippen LogP contribution is 2.52. The van der Waals surface area contributed by atoms with Gasteiger partial charge in [0.2, 0.25) is 0 Å². The first-order chi connectivity index (χ1) is 5.72. The average molecular weight is 182 g/mol. The number of ketones is 1. The van der Waals surface area contributed by atoms with Gasteiger partial charge in [0.15, 0.2) is 0 Å². The summed E-state index contributed by atoms with van der Waals surface area (Å²) < 4.78 is 0. The minimum Gasteiger partial charge on any atom is -0.299 e. The first-order valence-corrected chi connectivity index (χ1v) is 5.25. The van der Waals surface area contributed by atoms with Crippen LogP contribution in [0.3, 0.4) is 0 Å². The molecule has 1 heteroatoms. The Morgan fingerprint density at radius 1 is 1.38 bits per heavy atom. The second-order valence-electron chi connectivity index (χ2n) is 6.27. The number of Topliss-reactive ketones (excluding diaryl/α,β-unsaturated/α-hetero) is 1. The maximum atomic E-state index is 11.7. The Morgan fingerprint density at radius 3 is 2.15 bits per heavy atom. The minimum atomic E-state index is 0.300. The van der Waals surface area contributed by atoms with Crippen molar-refractivity contribution in [2.75, 3.05) is 0 Å². The van der Waals surface area contributed by atoms with Gasteiger partial charge in [-0.3, -0.25) is 4.79 Å². The summed E-state index contributed by atoms with van der Waals surface area (Å²) in [6.45, 7) is 11.0. The topological polar surface area (TPSA) is 17.1 Å². The van der Waals surface area contributed by atoms with E-state index in [0.717, 1.165) is 19.3 Å². The van der Waals surface area contributed by atoms with Crippen LogP contribution in [0.1, 0.15) is 53.9 Å². The molecule has 76 valence electrons. The largest absolute Gasteiger partial charge is 0.299 e. The van der Waals surface area contributed by atoms with Gasteiger partial charge >= 0.3 is 0 Å². The van der Waals surface area contributed by atoms with Crippen molar-refractivity contribution in [1.82, 2.24) is 0 Å². The number of carbonyl (C=O) groups is 1. The Labute approximate surface area is 81.9 Å². The van der Waals surface area contributed by atoms with Gasteiger partial charge in [-0.25, -0.2) is 0 Å². The summed E-state index contributed by atoms with van der Waals surface area (Å²) in [6.07, 6.45) is 2.91. The number of carbonyl (C=O) groups excluding carboxylic acids is 1. The summed E-state index contributed by atoms with van der Waals surface area (Å²) in [5, 5.41) is 0. The maximum Gasteiger partial charge on any atom is 0.136 e. The summed E-state index contributed by atoms with van der Waals surface area (Å²) in [6, 6.07) is 0. The maximum absolute atomic E-state index is 11.7. The standard InChI is InChI=1S/C12H22O/c1-11(2,3)7-6-10(13)9-8-12(9,4)5/h9H,6-8H2,1-5H3. The van der Waals surface area contributed by atoms with Crippen molar-refractivity contribution < 1.29 is 4.79 Å². The molecule has 0 aromatic heterocycles. The van der Waals surface area contributed by atoms with Crippen molar-refractivity contribution in [3.63, 3.8) is 0 Å². The first-order valence-electron chi connectivity index (χ1n) is 5.25. The van der Waals surface area contributed by atoms with Crippen molar-refractivity contribution in [2.45, 2.75) is 53.9 Å². The number of rotatable bonds is 3. The molecule has 0 aromatic rings. The van der Waals surface area contributed by atoms with Crippen molar-refractivity contribution in [1.29, 1.82) is 0 Å². The molecule has 1 saturated carbocycles. The lowest BCUT2D eigenvalue weighted by molar-refractivity contribution is -0.121. The summed E-state index contributed by atoms with van der Waals surface area (Å²) >= 11 is 0. The molecule has 1 unspecified atom stereocenters. The van der Waals surface area contributed by atoms with E-state index in [-0.39, 0.29) is 0 Å². The molecule has 13 heavy (non-hydrogen) atoms. The molecule has 0 spiro atoms. The smallest absolute Gasteiger partial charge is 0.136 e. The fraction of sp³-hybridized carbons (Fsp3) is 0.917. The van der Waals surface area contributed by atoms with Gasteiger partial charge in [0.1, 0.15) is 5.78 Å². The lowest BCUT2D eigenvalue weighted by Crippen LogP contribution is -2.11. The van der Waals surface area contributed by atoms with E-state index in [1.807, 2.05) is 0 Å². The predicted octanol–water partition coefficient (Wildman–Crippen LogP) is 3.43. The molecular weight excluding hydrogens is 160 g/mol. The average Bonchev–Trinajstić information content (AvgIpc) is 2.53. The van der Waals surface area contributed by atoms with E-state index in [4.69, 9.17) is 0 Å². The summed E-state index contributed by atoms with van der Waals surface area (Å²) in [7, 11) is 0. The van der Waals surface area contributed by atoms with Gasteiger partial charge in [-0.2, -0.15) is 0 Å². The van der Waals surface area contributed by atoms with Crippen molar-refractivity contribution >= 4 is 5.78 Å². The Balaban J connectivity index is 2.29. The van der Waals surface area contributed by atoms with Gasteiger partial charge in [0, 0.05) is 12.3 Å². The fourth-order valence-electron chi connectivity index (χ4n) is 1.69. The van der Waals surface area contributed by atoms with E-state index < -0.39 is 0 Å². The molecule has 1 rings (SSSR count). The SMILES string of the molecule is CC(C)(C)CCC(=O)C1CC1(C)C. The van der Waals surface area contributed by atoms with Gasteiger partial charge < -0.3 is 0 Å². The predicted molar refractivity (Wildman–Crippen MR) is 55.6 cm³/mol. The highest BCUT2D eigenvalue weighted by Gasteiger charge is 2.49. The molecule has 0 N–H and O–H groups in total. The van der Waals surface area contributed by atoms with Crippen LogP contribution in [0.25, 0.3) is 0 Å². The van der Waals surface area contributed by atoms with Gasteiger partial charge in [-0.05, 0) is 23.7 Å². The quantitative estimate of drug-likeness (QED) is 0.653. The summed E-state index contributed by atoms with van der Waals surface area (Å²) in [5.74, 6) is 0.856. The first kappa shape index (κ1) is 10.7. The molecule has 1 aliphatic carbocycles. The second-order valence-corrected chi connectivity index (χ2v) is 6.27. The van der Waals surface area contributed by atoms with Crippen LogP contribution in [0.5, 0.6) is 0 Å². The van der Waals surface area contributed by atoms with E-state index in [2.05, 4.69) is 34.6 Å². The van der Waals surface area contributed by atoms with E-state index in [1.165, 1.54) is 0 Å². The van der Waals surface area contributed by atoms with Crippen LogP contribution in [0.2, 0.25) is 0 Å². The van der Waals surface area contributed by atoms with Crippen LogP contribution >= 0.6 is 0 Å². The van der Waals surface area contributed by atoms with E-state index in [0.29, 0.717) is 22.5 Å². The molecule has 1 fully saturated rings. The molecule has 0 aromatic carbocycles. The van der Waals surface area contributed by atoms with E-state index in [1.54, 1.807) is 0 Å². The Hall–Kier alpha value is -0.330. The zero-order valence-electron chi connectivity index (χ0n) is 9.61. The highest BCUT2D eigenvalue weighted by molar-refractivity contribution is 5.84. The lowest BCUT2D eigenvalue weighted by atomic mass is 9.88. The molecule has 1 aliphatic rings. The third kappa shape index (κ3) is 3.13. The van der Waals surface area contributed by atoms with Gasteiger partial charge in [0.05, 0.1) is 0 Å². The fourth-order valence-corrected chi connectivity index (χ4v) is 1.69. The molecule has 0 radical (unpaired) electrons. The third-order valence-corrected chi connectivity index (χ3v) is 3.02. The zero-order valence-corrected chi connectivity index (χ0v) is 9.61. The van der Waals surface area contributed by atoms with E-state index in [9.17, 15) is 4.79 Å². The van der Waals surface area contributed by atoms with Crippen molar-refractivity contribution in [3.05, 3.63) is 0 Å². The lowest BCUT2D eigenvalue weighted by Gasteiger charge is -2.17. The van der Waals surface area contributed by atoms with Gasteiger partial charge in [-0.1, -0.05) is 34.6 Å². The Bertz CT molecular complexity index is 208. The molecule has 1 nitrogen and oxygen atoms in total. The molecule has 0 saturated heterocycles.